The van der Waals surface area contributed by atoms with Gasteiger partial charge in [-0.25, -0.2) is 9.97 Å². The molecular formula is C10H15N3O2. The van der Waals surface area contributed by atoms with Crippen LogP contribution in [0.15, 0.2) is 6.33 Å². The lowest BCUT2D eigenvalue weighted by Crippen LogP contribution is -2.39. The molecule has 0 unspecified atom stereocenters. The highest BCUT2D eigenvalue weighted by molar-refractivity contribution is 5.44. The molecule has 0 amide bonds. The van der Waals surface area contributed by atoms with Crippen molar-refractivity contribution in [2.75, 3.05) is 18.9 Å². The van der Waals surface area contributed by atoms with E-state index in [1.807, 2.05) is 0 Å². The van der Waals surface area contributed by atoms with E-state index in [-0.39, 0.29) is 6.10 Å². The Labute approximate surface area is 88.6 Å². The molecule has 0 aromatic carbocycles. The molecule has 1 aliphatic rings. The zero-order valence-corrected chi connectivity index (χ0v) is 8.77. The fourth-order valence-electron chi connectivity index (χ4n) is 1.44. The summed E-state index contributed by atoms with van der Waals surface area (Å²) in [5.41, 5.74) is 6.69. The van der Waals surface area contributed by atoms with Gasteiger partial charge in [-0.15, -0.1) is 0 Å². The van der Waals surface area contributed by atoms with Crippen molar-refractivity contribution in [3.63, 3.8) is 0 Å². The number of nitrogens with two attached hydrogens (primary N) is 1. The minimum Gasteiger partial charge on any atom is -0.469 e. The van der Waals surface area contributed by atoms with Gasteiger partial charge in [0.2, 0.25) is 5.88 Å². The van der Waals surface area contributed by atoms with Crippen molar-refractivity contribution in [2.24, 2.45) is 0 Å². The Kier molecular flexibility index (Phi) is 3.01. The van der Waals surface area contributed by atoms with Gasteiger partial charge in [-0.3, -0.25) is 0 Å². The van der Waals surface area contributed by atoms with Crippen LogP contribution in [0.3, 0.4) is 0 Å². The van der Waals surface area contributed by atoms with E-state index in [2.05, 4.69) is 16.9 Å². The van der Waals surface area contributed by atoms with E-state index in [1.54, 1.807) is 0 Å². The number of ether oxygens (including phenoxy) is 2. The molecule has 0 spiro atoms. The van der Waals surface area contributed by atoms with Gasteiger partial charge >= 0.3 is 0 Å². The number of hydrogen-bond acceptors (Lipinski definition) is 5. The maximum atomic E-state index is 5.78. The number of anilines is 1. The van der Waals surface area contributed by atoms with E-state index in [0.29, 0.717) is 24.9 Å². The van der Waals surface area contributed by atoms with Crippen LogP contribution in [0.1, 0.15) is 18.9 Å². The quantitative estimate of drug-likeness (QED) is 0.793. The molecule has 0 radical (unpaired) electrons. The minimum atomic E-state index is 0.120. The average molecular weight is 209 g/mol. The molecule has 15 heavy (non-hydrogen) atoms. The largest absolute Gasteiger partial charge is 0.469 e. The molecule has 0 aliphatic carbocycles. The Hall–Kier alpha value is -1.36. The van der Waals surface area contributed by atoms with Crippen LogP contribution in [0, 0.1) is 0 Å². The maximum Gasteiger partial charge on any atom is 0.222 e. The molecule has 0 atom stereocenters. The Morgan fingerprint density at radius 2 is 2.33 bits per heavy atom. The molecule has 1 aromatic heterocycles. The number of aromatic nitrogens is 2. The summed E-state index contributed by atoms with van der Waals surface area (Å²) in [6.45, 7) is 3.35. The van der Waals surface area contributed by atoms with Gasteiger partial charge in [-0.05, 0) is 6.42 Å². The lowest BCUT2D eigenvalue weighted by atomic mass is 10.2. The van der Waals surface area contributed by atoms with Gasteiger partial charge in [-0.2, -0.15) is 0 Å². The second kappa shape index (κ2) is 4.44. The Bertz CT molecular complexity index is 339. The van der Waals surface area contributed by atoms with Crippen LogP contribution in [0.5, 0.6) is 5.88 Å². The normalized spacial score (nSPS) is 16.1. The summed E-state index contributed by atoms with van der Waals surface area (Å²) in [5, 5.41) is 0. The molecule has 5 heteroatoms. The summed E-state index contributed by atoms with van der Waals surface area (Å²) >= 11 is 0. The van der Waals surface area contributed by atoms with Crippen LogP contribution in [0.2, 0.25) is 0 Å². The fourth-order valence-corrected chi connectivity index (χ4v) is 1.44. The molecule has 1 aromatic rings. The van der Waals surface area contributed by atoms with Crippen LogP contribution in [-0.2, 0) is 11.2 Å². The molecule has 1 aliphatic heterocycles. The highest BCUT2D eigenvalue weighted by atomic mass is 16.6. The summed E-state index contributed by atoms with van der Waals surface area (Å²) < 4.78 is 10.7. The highest BCUT2D eigenvalue weighted by Crippen LogP contribution is 2.23. The molecule has 82 valence electrons. The Morgan fingerprint density at radius 3 is 2.93 bits per heavy atom. The summed E-state index contributed by atoms with van der Waals surface area (Å²) in [7, 11) is 0. The third-order valence-electron chi connectivity index (χ3n) is 2.32. The first kappa shape index (κ1) is 10.2. The second-order valence-corrected chi connectivity index (χ2v) is 3.57. The van der Waals surface area contributed by atoms with Crippen LogP contribution >= 0.6 is 0 Å². The standard InChI is InChI=1S/C10H15N3O2/c1-2-3-8-9(11)12-6-13-10(8)15-7-4-14-5-7/h6-7H,2-5H2,1H3,(H2,11,12,13). The average Bonchev–Trinajstić information content (AvgIpc) is 2.16. The van der Waals surface area contributed by atoms with E-state index < -0.39 is 0 Å². The van der Waals surface area contributed by atoms with Crippen LogP contribution in [-0.4, -0.2) is 29.3 Å². The molecule has 2 N–H and O–H groups in total. The first-order valence-corrected chi connectivity index (χ1v) is 5.15. The first-order valence-electron chi connectivity index (χ1n) is 5.15. The zero-order chi connectivity index (χ0) is 10.7. The van der Waals surface area contributed by atoms with Crippen molar-refractivity contribution in [2.45, 2.75) is 25.9 Å². The van der Waals surface area contributed by atoms with Crippen molar-refractivity contribution in [1.82, 2.24) is 9.97 Å². The van der Waals surface area contributed by atoms with Crippen LogP contribution < -0.4 is 10.5 Å². The molecule has 1 saturated heterocycles. The third kappa shape index (κ3) is 2.18. The third-order valence-corrected chi connectivity index (χ3v) is 2.32. The number of nitrogen functional groups attached to an aromatic ring is 1. The lowest BCUT2D eigenvalue weighted by Gasteiger charge is -2.27. The topological polar surface area (TPSA) is 70.3 Å². The fraction of sp³-hybridized carbons (Fsp3) is 0.600. The van der Waals surface area contributed by atoms with E-state index in [4.69, 9.17) is 15.2 Å². The molecule has 0 bridgehead atoms. The summed E-state index contributed by atoms with van der Waals surface area (Å²) in [4.78, 5) is 8.08. The van der Waals surface area contributed by atoms with Gasteiger partial charge in [0.1, 0.15) is 18.2 Å². The first-order chi connectivity index (χ1) is 7.31. The van der Waals surface area contributed by atoms with Crippen molar-refractivity contribution in [1.29, 1.82) is 0 Å². The summed E-state index contributed by atoms with van der Waals surface area (Å²) in [5.74, 6) is 1.12. The van der Waals surface area contributed by atoms with Crippen LogP contribution in [0.4, 0.5) is 5.82 Å². The van der Waals surface area contributed by atoms with Crippen molar-refractivity contribution in [3.05, 3.63) is 11.9 Å². The van der Waals surface area contributed by atoms with Gasteiger partial charge in [0.15, 0.2) is 0 Å². The predicted molar refractivity (Wildman–Crippen MR) is 55.7 cm³/mol. The van der Waals surface area contributed by atoms with Crippen molar-refractivity contribution < 1.29 is 9.47 Å². The monoisotopic (exact) mass is 209 g/mol. The second-order valence-electron chi connectivity index (χ2n) is 3.57. The molecule has 5 nitrogen and oxygen atoms in total. The summed E-state index contributed by atoms with van der Waals surface area (Å²) in [6, 6.07) is 0. The predicted octanol–water partition coefficient (Wildman–Crippen LogP) is 0.789. The maximum absolute atomic E-state index is 5.78. The van der Waals surface area contributed by atoms with Gasteiger partial charge in [-0.1, -0.05) is 13.3 Å². The van der Waals surface area contributed by atoms with Gasteiger partial charge in [0, 0.05) is 0 Å². The zero-order valence-electron chi connectivity index (χ0n) is 8.77. The smallest absolute Gasteiger partial charge is 0.222 e. The minimum absolute atomic E-state index is 0.120. The Balaban J connectivity index is 2.15. The van der Waals surface area contributed by atoms with Gasteiger partial charge in [0.05, 0.1) is 18.8 Å². The van der Waals surface area contributed by atoms with E-state index in [9.17, 15) is 0 Å². The van der Waals surface area contributed by atoms with Gasteiger partial charge in [0.25, 0.3) is 0 Å². The SMILES string of the molecule is CCCc1c(N)ncnc1OC1COC1. The molecule has 2 rings (SSSR count). The lowest BCUT2D eigenvalue weighted by molar-refractivity contribution is -0.0816. The molecular weight excluding hydrogens is 194 g/mol. The summed E-state index contributed by atoms with van der Waals surface area (Å²) in [6.07, 6.45) is 3.39. The molecule has 1 fully saturated rings. The molecule has 0 saturated carbocycles. The highest BCUT2D eigenvalue weighted by Gasteiger charge is 2.22. The van der Waals surface area contributed by atoms with E-state index in [1.165, 1.54) is 6.33 Å². The van der Waals surface area contributed by atoms with E-state index >= 15 is 0 Å². The van der Waals surface area contributed by atoms with Crippen LogP contribution in [0.25, 0.3) is 0 Å². The number of rotatable bonds is 4. The van der Waals surface area contributed by atoms with Gasteiger partial charge < -0.3 is 15.2 Å². The Morgan fingerprint density at radius 1 is 1.53 bits per heavy atom. The number of hydrogen-bond donors (Lipinski definition) is 1. The van der Waals surface area contributed by atoms with Crippen molar-refractivity contribution >= 4 is 5.82 Å². The van der Waals surface area contributed by atoms with E-state index in [0.717, 1.165) is 18.4 Å². The number of nitrogens with zero attached hydrogens (tertiary/aromatic N) is 2. The van der Waals surface area contributed by atoms with Crippen molar-refractivity contribution in [3.8, 4) is 5.88 Å². The molecule has 2 heterocycles.